The summed E-state index contributed by atoms with van der Waals surface area (Å²) in [6, 6.07) is 7.28. The summed E-state index contributed by atoms with van der Waals surface area (Å²) in [6.45, 7) is -1.40. The number of benzene rings is 1. The van der Waals surface area contributed by atoms with Gasteiger partial charge in [0.1, 0.15) is 18.3 Å². The molecule has 1 aromatic carbocycles. The van der Waals surface area contributed by atoms with Crippen molar-refractivity contribution in [3.8, 4) is 0 Å². The van der Waals surface area contributed by atoms with Crippen LogP contribution in [0.4, 0.5) is 5.82 Å². The Morgan fingerprint density at radius 1 is 1.17 bits per heavy atom. The Bertz CT molecular complexity index is 676. The van der Waals surface area contributed by atoms with Gasteiger partial charge in [-0.25, -0.2) is 0 Å². The highest BCUT2D eigenvalue weighted by molar-refractivity contribution is 5.93. The Hall–Kier alpha value is -2.17. The number of hydrogen-bond donors (Lipinski definition) is 6. The molecule has 0 saturated carbocycles. The van der Waals surface area contributed by atoms with Crippen LogP contribution in [0.1, 0.15) is 0 Å². The summed E-state index contributed by atoms with van der Waals surface area (Å²) in [4.78, 5) is 0. The summed E-state index contributed by atoms with van der Waals surface area (Å²) in [5, 5.41) is 60.0. The molecule has 0 aliphatic carbocycles. The van der Waals surface area contributed by atoms with Crippen molar-refractivity contribution >= 4 is 22.3 Å². The molecule has 0 unspecified atom stereocenters. The van der Waals surface area contributed by atoms with Gasteiger partial charge in [0.2, 0.25) is 0 Å². The van der Waals surface area contributed by atoms with Gasteiger partial charge in [0.15, 0.2) is 5.82 Å². The van der Waals surface area contributed by atoms with Gasteiger partial charge < -0.3 is 25.5 Å². The highest BCUT2D eigenvalue weighted by Crippen LogP contribution is 2.19. The minimum absolute atomic E-state index is 0.222. The number of aliphatic hydroxyl groups is 5. The number of nitrogens with zero attached hydrogens (tertiary/aromatic N) is 3. The van der Waals surface area contributed by atoms with Crippen LogP contribution in [0, 0.1) is 0 Å². The molecule has 0 fully saturated rings. The maximum absolute atomic E-state index is 9.88. The van der Waals surface area contributed by atoms with E-state index in [9.17, 15) is 20.4 Å². The van der Waals surface area contributed by atoms with Crippen molar-refractivity contribution in [2.45, 2.75) is 18.3 Å². The van der Waals surface area contributed by atoms with Crippen LogP contribution in [-0.4, -0.2) is 73.0 Å². The van der Waals surface area contributed by atoms with E-state index in [1.54, 1.807) is 12.3 Å². The van der Waals surface area contributed by atoms with E-state index in [-0.39, 0.29) is 5.71 Å². The van der Waals surface area contributed by atoms with Gasteiger partial charge >= 0.3 is 0 Å². The third-order valence-electron chi connectivity index (χ3n) is 3.28. The standard InChI is InChI=1S/C14H18N4O5/c19-6-10(12(22)13(23)11(21)7-20)16-18-14-9-4-2-1-3-8(9)5-15-17-14/h1-5,11-13,19-23H,6-7H2,(H,17,18)/b16-10-/t11-,12-,13-/m1/s1. The SMILES string of the molecule is OC/C(=N/Nc1nncc2ccccc12)[C@@H](O)[C@H](O)[C@H](O)CO. The Kier molecular flexibility index (Phi) is 5.90. The van der Waals surface area contributed by atoms with E-state index >= 15 is 0 Å². The largest absolute Gasteiger partial charge is 0.394 e. The second-order valence-electron chi connectivity index (χ2n) is 4.84. The molecule has 2 aromatic rings. The van der Waals surface area contributed by atoms with Crippen LogP contribution >= 0.6 is 0 Å². The van der Waals surface area contributed by atoms with Gasteiger partial charge in [-0.3, -0.25) is 5.43 Å². The molecule has 0 spiro atoms. The second kappa shape index (κ2) is 7.90. The third kappa shape index (κ3) is 3.97. The van der Waals surface area contributed by atoms with Gasteiger partial charge in [0, 0.05) is 10.8 Å². The number of anilines is 1. The lowest BCUT2D eigenvalue weighted by molar-refractivity contribution is -0.0564. The van der Waals surface area contributed by atoms with Crippen LogP contribution in [0.3, 0.4) is 0 Å². The maximum atomic E-state index is 9.88. The highest BCUT2D eigenvalue weighted by atomic mass is 16.4. The third-order valence-corrected chi connectivity index (χ3v) is 3.28. The molecule has 0 aliphatic rings. The van der Waals surface area contributed by atoms with E-state index in [2.05, 4.69) is 20.7 Å². The molecule has 3 atom stereocenters. The van der Waals surface area contributed by atoms with E-state index < -0.39 is 31.5 Å². The quantitative estimate of drug-likeness (QED) is 0.265. The molecule has 6 N–H and O–H groups in total. The van der Waals surface area contributed by atoms with Crippen LogP contribution in [0.15, 0.2) is 35.6 Å². The van der Waals surface area contributed by atoms with Crippen LogP contribution < -0.4 is 5.43 Å². The zero-order valence-corrected chi connectivity index (χ0v) is 12.1. The number of rotatable bonds is 7. The Balaban J connectivity index is 2.21. The van der Waals surface area contributed by atoms with Crippen molar-refractivity contribution in [1.82, 2.24) is 10.2 Å². The fourth-order valence-corrected chi connectivity index (χ4v) is 1.95. The highest BCUT2D eigenvalue weighted by Gasteiger charge is 2.28. The molecule has 23 heavy (non-hydrogen) atoms. The van der Waals surface area contributed by atoms with Crippen molar-refractivity contribution in [2.75, 3.05) is 18.6 Å². The molecule has 0 saturated heterocycles. The van der Waals surface area contributed by atoms with Crippen molar-refractivity contribution < 1.29 is 25.5 Å². The van der Waals surface area contributed by atoms with Crippen molar-refractivity contribution in [3.63, 3.8) is 0 Å². The zero-order valence-electron chi connectivity index (χ0n) is 12.1. The van der Waals surface area contributed by atoms with Crippen LogP contribution in [0.5, 0.6) is 0 Å². The summed E-state index contributed by atoms with van der Waals surface area (Å²) < 4.78 is 0. The van der Waals surface area contributed by atoms with Gasteiger partial charge in [-0.2, -0.15) is 10.2 Å². The molecule has 9 heteroatoms. The Morgan fingerprint density at radius 3 is 2.61 bits per heavy atom. The number of aromatic nitrogens is 2. The van der Waals surface area contributed by atoms with Crippen molar-refractivity contribution in [3.05, 3.63) is 30.5 Å². The maximum Gasteiger partial charge on any atom is 0.176 e. The first-order chi connectivity index (χ1) is 11.1. The molecule has 1 heterocycles. The number of nitrogens with one attached hydrogen (secondary N) is 1. The lowest BCUT2D eigenvalue weighted by Gasteiger charge is -2.22. The Labute approximate surface area is 131 Å². The number of fused-ring (bicyclic) bond motifs is 1. The number of hydrogen-bond acceptors (Lipinski definition) is 9. The first kappa shape index (κ1) is 17.2. The summed E-state index contributed by atoms with van der Waals surface area (Å²) in [7, 11) is 0. The first-order valence-electron chi connectivity index (χ1n) is 6.87. The van der Waals surface area contributed by atoms with Crippen molar-refractivity contribution in [1.29, 1.82) is 0 Å². The van der Waals surface area contributed by atoms with Crippen LogP contribution in [0.25, 0.3) is 10.8 Å². The zero-order chi connectivity index (χ0) is 16.8. The fourth-order valence-electron chi connectivity index (χ4n) is 1.95. The van der Waals surface area contributed by atoms with Crippen LogP contribution in [0.2, 0.25) is 0 Å². The smallest absolute Gasteiger partial charge is 0.176 e. The number of hydrazone groups is 1. The van der Waals surface area contributed by atoms with E-state index in [0.29, 0.717) is 5.82 Å². The monoisotopic (exact) mass is 322 g/mol. The molecule has 0 bridgehead atoms. The molecule has 1 aromatic heterocycles. The van der Waals surface area contributed by atoms with Gasteiger partial charge in [0.25, 0.3) is 0 Å². The molecule has 124 valence electrons. The van der Waals surface area contributed by atoms with E-state index in [1.165, 1.54) is 0 Å². The minimum atomic E-state index is -1.69. The van der Waals surface area contributed by atoms with Crippen LogP contribution in [-0.2, 0) is 0 Å². The molecule has 0 radical (unpaired) electrons. The molecule has 2 rings (SSSR count). The van der Waals surface area contributed by atoms with Gasteiger partial charge in [-0.1, -0.05) is 24.3 Å². The molecular formula is C14H18N4O5. The van der Waals surface area contributed by atoms with Gasteiger partial charge in [-0.05, 0) is 0 Å². The summed E-state index contributed by atoms with van der Waals surface area (Å²) in [5.74, 6) is 0.304. The van der Waals surface area contributed by atoms with Crippen molar-refractivity contribution in [2.24, 2.45) is 5.10 Å². The second-order valence-corrected chi connectivity index (χ2v) is 4.84. The normalized spacial score (nSPS) is 16.1. The lowest BCUT2D eigenvalue weighted by atomic mass is 10.0. The molecule has 0 aliphatic heterocycles. The van der Waals surface area contributed by atoms with Gasteiger partial charge in [0.05, 0.1) is 25.1 Å². The first-order valence-corrected chi connectivity index (χ1v) is 6.87. The fraction of sp³-hybridized carbons (Fsp3) is 0.357. The predicted octanol–water partition coefficient (Wildman–Crippen LogP) is -1.54. The van der Waals surface area contributed by atoms with E-state index in [0.717, 1.165) is 10.8 Å². The Morgan fingerprint density at radius 2 is 1.91 bits per heavy atom. The topological polar surface area (TPSA) is 151 Å². The van der Waals surface area contributed by atoms with Gasteiger partial charge in [-0.15, -0.1) is 5.10 Å². The van der Waals surface area contributed by atoms with E-state index in [1.807, 2.05) is 18.2 Å². The molecule has 9 nitrogen and oxygen atoms in total. The average Bonchev–Trinajstić information content (AvgIpc) is 2.60. The molecular weight excluding hydrogens is 304 g/mol. The summed E-state index contributed by atoms with van der Waals surface area (Å²) in [6.07, 6.45) is -3.32. The summed E-state index contributed by atoms with van der Waals surface area (Å²) >= 11 is 0. The minimum Gasteiger partial charge on any atom is -0.394 e. The molecule has 0 amide bonds. The lowest BCUT2D eigenvalue weighted by Crippen LogP contribution is -2.45. The predicted molar refractivity (Wildman–Crippen MR) is 82.8 cm³/mol. The van der Waals surface area contributed by atoms with E-state index in [4.69, 9.17) is 5.11 Å². The summed E-state index contributed by atoms with van der Waals surface area (Å²) in [5.41, 5.74) is 2.35. The average molecular weight is 322 g/mol. The number of aliphatic hydroxyl groups excluding tert-OH is 5.